The zero-order valence-corrected chi connectivity index (χ0v) is 17.0. The van der Waals surface area contributed by atoms with Crippen molar-refractivity contribution in [1.29, 1.82) is 5.26 Å². The van der Waals surface area contributed by atoms with Gasteiger partial charge in [0.05, 0.1) is 11.1 Å². The molecule has 1 aliphatic carbocycles. The summed E-state index contributed by atoms with van der Waals surface area (Å²) >= 11 is 1.47. The average molecular weight is 397 g/mol. The van der Waals surface area contributed by atoms with Gasteiger partial charge in [-0.1, -0.05) is 32.4 Å². The number of hydrogen-bond donors (Lipinski definition) is 1. The summed E-state index contributed by atoms with van der Waals surface area (Å²) < 4.78 is 5.13. The molecule has 1 amide bonds. The number of carbonyl (C=O) groups excluding carboxylic acids is 2. The van der Waals surface area contributed by atoms with Crippen LogP contribution in [0.3, 0.4) is 0 Å². The Labute approximate surface area is 169 Å². The number of ether oxygens (including phenoxy) is 1. The maximum atomic E-state index is 12.2. The Balaban J connectivity index is 1.60. The second kappa shape index (κ2) is 9.03. The predicted molar refractivity (Wildman–Crippen MR) is 110 cm³/mol. The summed E-state index contributed by atoms with van der Waals surface area (Å²) in [6.07, 6.45) is 5.18. The van der Waals surface area contributed by atoms with E-state index >= 15 is 0 Å². The summed E-state index contributed by atoms with van der Waals surface area (Å²) in [5.41, 5.74) is 3.18. The minimum Gasteiger partial charge on any atom is -0.452 e. The van der Waals surface area contributed by atoms with E-state index in [9.17, 15) is 14.9 Å². The van der Waals surface area contributed by atoms with Crippen LogP contribution >= 0.6 is 11.3 Å². The van der Waals surface area contributed by atoms with Gasteiger partial charge < -0.3 is 10.1 Å². The van der Waals surface area contributed by atoms with Crippen molar-refractivity contribution in [1.82, 2.24) is 0 Å². The standard InChI is InChI=1S/C22H24N2O3S/c1-14(2)15-8-10-16(11-9-15)22(26)27-13-20(25)24-21-18(12-23)17-6-4-3-5-7-19(17)28-21/h8-11,14H,3-7,13H2,1-2H3,(H,24,25). The number of nitrogens with one attached hydrogen (secondary N) is 1. The second-order valence-electron chi connectivity index (χ2n) is 7.28. The van der Waals surface area contributed by atoms with Crippen LogP contribution in [-0.2, 0) is 22.4 Å². The predicted octanol–water partition coefficient (Wildman–Crippen LogP) is 4.81. The van der Waals surface area contributed by atoms with Gasteiger partial charge in [0.25, 0.3) is 5.91 Å². The van der Waals surface area contributed by atoms with E-state index in [1.807, 2.05) is 12.1 Å². The maximum absolute atomic E-state index is 12.2. The second-order valence-corrected chi connectivity index (χ2v) is 8.39. The number of hydrogen-bond acceptors (Lipinski definition) is 5. The van der Waals surface area contributed by atoms with Crippen LogP contribution in [0.5, 0.6) is 0 Å². The summed E-state index contributed by atoms with van der Waals surface area (Å²) in [7, 11) is 0. The van der Waals surface area contributed by atoms with Crippen LogP contribution in [0.2, 0.25) is 0 Å². The first-order valence-electron chi connectivity index (χ1n) is 9.61. The normalized spacial score (nSPS) is 13.4. The Morgan fingerprint density at radius 2 is 1.89 bits per heavy atom. The van der Waals surface area contributed by atoms with E-state index < -0.39 is 11.9 Å². The number of benzene rings is 1. The van der Waals surface area contributed by atoms with E-state index in [1.54, 1.807) is 12.1 Å². The Kier molecular flexibility index (Phi) is 6.48. The topological polar surface area (TPSA) is 79.2 Å². The molecule has 0 saturated heterocycles. The number of aryl methyl sites for hydroxylation is 1. The smallest absolute Gasteiger partial charge is 0.338 e. The van der Waals surface area contributed by atoms with Crippen LogP contribution < -0.4 is 5.32 Å². The average Bonchev–Trinajstić information content (AvgIpc) is 2.85. The molecule has 1 aromatic carbocycles. The number of fused-ring (bicyclic) bond motifs is 1. The maximum Gasteiger partial charge on any atom is 0.338 e. The number of nitriles is 1. The van der Waals surface area contributed by atoms with Crippen LogP contribution in [0.4, 0.5) is 5.00 Å². The lowest BCUT2D eigenvalue weighted by atomic mass is 10.0. The third kappa shape index (κ3) is 4.60. The highest BCUT2D eigenvalue weighted by molar-refractivity contribution is 7.16. The number of carbonyl (C=O) groups is 2. The van der Waals surface area contributed by atoms with E-state index in [0.717, 1.165) is 36.8 Å². The first-order chi connectivity index (χ1) is 13.5. The van der Waals surface area contributed by atoms with Crippen molar-refractivity contribution in [3.8, 4) is 6.07 Å². The van der Waals surface area contributed by atoms with Crippen molar-refractivity contribution in [3.63, 3.8) is 0 Å². The van der Waals surface area contributed by atoms with Crippen molar-refractivity contribution >= 4 is 28.2 Å². The molecule has 1 aromatic heterocycles. The Hall–Kier alpha value is -2.65. The first kappa shape index (κ1) is 20.1. The molecule has 0 saturated carbocycles. The van der Waals surface area contributed by atoms with Crippen molar-refractivity contribution in [3.05, 3.63) is 51.4 Å². The monoisotopic (exact) mass is 396 g/mol. The van der Waals surface area contributed by atoms with Gasteiger partial charge in [-0.05, 0) is 54.9 Å². The van der Waals surface area contributed by atoms with Gasteiger partial charge in [-0.2, -0.15) is 5.26 Å². The van der Waals surface area contributed by atoms with Crippen molar-refractivity contribution in [2.45, 2.75) is 51.9 Å². The SMILES string of the molecule is CC(C)c1ccc(C(=O)OCC(=O)Nc2sc3c(c2C#N)CCCCC3)cc1. The van der Waals surface area contributed by atoms with Gasteiger partial charge in [0.2, 0.25) is 0 Å². The lowest BCUT2D eigenvalue weighted by Crippen LogP contribution is -2.21. The van der Waals surface area contributed by atoms with Crippen LogP contribution in [0.15, 0.2) is 24.3 Å². The van der Waals surface area contributed by atoms with Crippen molar-refractivity contribution in [2.24, 2.45) is 0 Å². The van der Waals surface area contributed by atoms with Gasteiger partial charge in [-0.15, -0.1) is 11.3 Å². The van der Waals surface area contributed by atoms with Gasteiger partial charge in [0.15, 0.2) is 6.61 Å². The highest BCUT2D eigenvalue weighted by atomic mass is 32.1. The molecule has 6 heteroatoms. The third-order valence-electron chi connectivity index (χ3n) is 4.93. The molecule has 0 fully saturated rings. The fourth-order valence-electron chi connectivity index (χ4n) is 3.33. The molecule has 0 radical (unpaired) electrons. The Morgan fingerprint density at radius 3 is 2.57 bits per heavy atom. The summed E-state index contributed by atoms with van der Waals surface area (Å²) in [5.74, 6) is -0.584. The molecule has 5 nitrogen and oxygen atoms in total. The molecule has 1 heterocycles. The van der Waals surface area contributed by atoms with Gasteiger partial charge in [0.1, 0.15) is 11.1 Å². The highest BCUT2D eigenvalue weighted by Gasteiger charge is 2.21. The Morgan fingerprint density at radius 1 is 1.18 bits per heavy atom. The fourth-order valence-corrected chi connectivity index (χ4v) is 4.59. The molecular formula is C22H24N2O3S. The molecule has 146 valence electrons. The van der Waals surface area contributed by atoms with E-state index in [2.05, 4.69) is 25.2 Å². The van der Waals surface area contributed by atoms with E-state index in [0.29, 0.717) is 22.0 Å². The molecule has 1 N–H and O–H groups in total. The molecule has 0 bridgehead atoms. The summed E-state index contributed by atoms with van der Waals surface area (Å²) in [4.78, 5) is 25.6. The first-order valence-corrected chi connectivity index (χ1v) is 10.4. The zero-order chi connectivity index (χ0) is 20.1. The number of rotatable bonds is 5. The summed E-state index contributed by atoms with van der Waals surface area (Å²) in [6.45, 7) is 3.78. The number of thiophene rings is 1. The number of amides is 1. The zero-order valence-electron chi connectivity index (χ0n) is 16.2. The van der Waals surface area contributed by atoms with E-state index in [1.165, 1.54) is 22.6 Å². The molecule has 3 rings (SSSR count). The van der Waals surface area contributed by atoms with Crippen LogP contribution in [0.25, 0.3) is 0 Å². The molecule has 28 heavy (non-hydrogen) atoms. The van der Waals surface area contributed by atoms with Gasteiger partial charge in [0, 0.05) is 4.88 Å². The molecule has 0 spiro atoms. The molecular weight excluding hydrogens is 372 g/mol. The van der Waals surface area contributed by atoms with Crippen molar-refractivity contribution in [2.75, 3.05) is 11.9 Å². The van der Waals surface area contributed by atoms with Gasteiger partial charge in [-0.25, -0.2) is 4.79 Å². The molecule has 0 aliphatic heterocycles. The summed E-state index contributed by atoms with van der Waals surface area (Å²) in [6, 6.07) is 9.42. The number of esters is 1. The van der Waals surface area contributed by atoms with Crippen LogP contribution in [-0.4, -0.2) is 18.5 Å². The molecule has 2 aromatic rings. The number of anilines is 1. The minimum atomic E-state index is -0.534. The highest BCUT2D eigenvalue weighted by Crippen LogP contribution is 2.36. The Bertz CT molecular complexity index is 907. The molecule has 1 aliphatic rings. The summed E-state index contributed by atoms with van der Waals surface area (Å²) in [5, 5.41) is 12.8. The molecule has 0 atom stereocenters. The lowest BCUT2D eigenvalue weighted by molar-refractivity contribution is -0.119. The largest absolute Gasteiger partial charge is 0.452 e. The quantitative estimate of drug-likeness (QED) is 0.581. The minimum absolute atomic E-state index is 0.377. The van der Waals surface area contributed by atoms with Crippen LogP contribution in [0.1, 0.15) is 71.0 Å². The lowest BCUT2D eigenvalue weighted by Gasteiger charge is -2.08. The van der Waals surface area contributed by atoms with Crippen LogP contribution in [0, 0.1) is 11.3 Å². The van der Waals surface area contributed by atoms with E-state index in [-0.39, 0.29) is 6.61 Å². The number of nitrogens with zero attached hydrogens (tertiary/aromatic N) is 1. The molecule has 0 unspecified atom stereocenters. The van der Waals surface area contributed by atoms with Gasteiger partial charge in [-0.3, -0.25) is 4.79 Å². The fraction of sp³-hybridized carbons (Fsp3) is 0.409. The van der Waals surface area contributed by atoms with Gasteiger partial charge >= 0.3 is 5.97 Å². The third-order valence-corrected chi connectivity index (χ3v) is 6.14. The van der Waals surface area contributed by atoms with E-state index in [4.69, 9.17) is 4.74 Å². The van der Waals surface area contributed by atoms with Crippen molar-refractivity contribution < 1.29 is 14.3 Å².